The maximum Gasteiger partial charge on any atom is 0.328 e. The first-order valence-electron chi connectivity index (χ1n) is 3.84. The largest absolute Gasteiger partial charge is 0.368 e. The second-order valence-corrected chi connectivity index (χ2v) is 3.26. The van der Waals surface area contributed by atoms with Crippen LogP contribution < -0.4 is 0 Å². The minimum Gasteiger partial charge on any atom is -0.368 e. The molecule has 3 heteroatoms. The Morgan fingerprint density at radius 1 is 1.27 bits per heavy atom. The van der Waals surface area contributed by atoms with Crippen molar-refractivity contribution in [3.05, 3.63) is 0 Å². The van der Waals surface area contributed by atoms with Crippen molar-refractivity contribution < 1.29 is 9.63 Å². The summed E-state index contributed by atoms with van der Waals surface area (Å²) < 4.78 is 0. The molecular weight excluding hydrogens is 142 g/mol. The average Bonchev–Trinajstić information content (AvgIpc) is 1.84. The number of rotatable bonds is 3. The van der Waals surface area contributed by atoms with Crippen molar-refractivity contribution in [2.45, 2.75) is 20.8 Å². The zero-order chi connectivity index (χ0) is 9.02. The van der Waals surface area contributed by atoms with Crippen LogP contribution in [0.15, 0.2) is 0 Å². The van der Waals surface area contributed by atoms with E-state index in [1.807, 2.05) is 20.8 Å². The highest BCUT2D eigenvalue weighted by atomic mass is 16.7. The van der Waals surface area contributed by atoms with Crippen molar-refractivity contribution in [1.29, 1.82) is 0 Å². The highest BCUT2D eigenvalue weighted by molar-refractivity contribution is 5.71. The fourth-order valence-corrected chi connectivity index (χ4v) is 0.535. The second-order valence-electron chi connectivity index (χ2n) is 3.26. The van der Waals surface area contributed by atoms with E-state index in [1.165, 1.54) is 5.06 Å². The van der Waals surface area contributed by atoms with Crippen LogP contribution in [0.1, 0.15) is 20.8 Å². The average molecular weight is 159 g/mol. The van der Waals surface area contributed by atoms with E-state index >= 15 is 0 Å². The summed E-state index contributed by atoms with van der Waals surface area (Å²) in [6, 6.07) is 0. The first-order chi connectivity index (χ1) is 4.95. The molecule has 66 valence electrons. The van der Waals surface area contributed by atoms with Crippen LogP contribution in [0, 0.1) is 11.8 Å². The van der Waals surface area contributed by atoms with Gasteiger partial charge in [0, 0.05) is 14.1 Å². The molecule has 0 bridgehead atoms. The lowest BCUT2D eigenvalue weighted by molar-refractivity contribution is -0.184. The topological polar surface area (TPSA) is 29.5 Å². The van der Waals surface area contributed by atoms with E-state index in [2.05, 4.69) is 0 Å². The molecule has 11 heavy (non-hydrogen) atoms. The van der Waals surface area contributed by atoms with Gasteiger partial charge >= 0.3 is 5.97 Å². The lowest BCUT2D eigenvalue weighted by Crippen LogP contribution is -2.26. The summed E-state index contributed by atoms with van der Waals surface area (Å²) in [5, 5.41) is 1.42. The molecule has 1 atom stereocenters. The third-order valence-electron chi connectivity index (χ3n) is 1.64. The van der Waals surface area contributed by atoms with E-state index < -0.39 is 0 Å². The first-order valence-corrected chi connectivity index (χ1v) is 3.84. The summed E-state index contributed by atoms with van der Waals surface area (Å²) >= 11 is 0. The third kappa shape index (κ3) is 3.98. The van der Waals surface area contributed by atoms with Gasteiger partial charge in [0.25, 0.3) is 0 Å². The highest BCUT2D eigenvalue weighted by Gasteiger charge is 2.18. The molecule has 0 fully saturated rings. The Balaban J connectivity index is 3.83. The minimum absolute atomic E-state index is 0.0302. The minimum atomic E-state index is -0.162. The number of hydroxylamine groups is 2. The Morgan fingerprint density at radius 3 is 2.00 bits per heavy atom. The highest BCUT2D eigenvalue weighted by Crippen LogP contribution is 2.11. The van der Waals surface area contributed by atoms with Crippen LogP contribution in [-0.2, 0) is 9.63 Å². The normalized spacial score (nSPS) is 13.7. The summed E-state index contributed by atoms with van der Waals surface area (Å²) in [6.07, 6.45) is 0. The molecule has 0 radical (unpaired) electrons. The van der Waals surface area contributed by atoms with E-state index in [9.17, 15) is 4.79 Å². The summed E-state index contributed by atoms with van der Waals surface area (Å²) in [6.45, 7) is 5.87. The zero-order valence-electron chi connectivity index (χ0n) is 7.92. The van der Waals surface area contributed by atoms with E-state index in [1.54, 1.807) is 14.1 Å². The SMILES string of the molecule is CC(C)C(C)C(=O)ON(C)C. The van der Waals surface area contributed by atoms with Crippen LogP contribution in [0.2, 0.25) is 0 Å². The molecule has 0 saturated heterocycles. The molecule has 0 aromatic heterocycles. The standard InChI is InChI=1S/C8H17NO2/c1-6(2)7(3)8(10)11-9(4)5/h6-7H,1-5H3. The summed E-state index contributed by atoms with van der Waals surface area (Å²) in [5.41, 5.74) is 0. The Bertz CT molecular complexity index is 132. The smallest absolute Gasteiger partial charge is 0.328 e. The molecule has 0 aromatic carbocycles. The number of carbonyl (C=O) groups excluding carboxylic acids is 1. The first kappa shape index (κ1) is 10.4. The second kappa shape index (κ2) is 4.34. The number of nitrogens with zero attached hydrogens (tertiary/aromatic N) is 1. The van der Waals surface area contributed by atoms with Gasteiger partial charge in [-0.1, -0.05) is 20.8 Å². The van der Waals surface area contributed by atoms with Gasteiger partial charge in [-0.25, -0.2) is 0 Å². The monoisotopic (exact) mass is 159 g/mol. The Labute approximate surface area is 68.3 Å². The summed E-state index contributed by atoms with van der Waals surface area (Å²) in [5.74, 6) is 0.143. The quantitative estimate of drug-likeness (QED) is 0.581. The molecule has 1 unspecified atom stereocenters. The van der Waals surface area contributed by atoms with Crippen molar-refractivity contribution in [3.63, 3.8) is 0 Å². The number of hydrogen-bond acceptors (Lipinski definition) is 3. The fraction of sp³-hybridized carbons (Fsp3) is 0.875. The predicted octanol–water partition coefficient (Wildman–Crippen LogP) is 1.30. The van der Waals surface area contributed by atoms with Crippen LogP contribution in [0.25, 0.3) is 0 Å². The van der Waals surface area contributed by atoms with Gasteiger partial charge in [0.15, 0.2) is 0 Å². The lowest BCUT2D eigenvalue weighted by Gasteiger charge is -2.16. The maximum absolute atomic E-state index is 11.1. The van der Waals surface area contributed by atoms with Crippen LogP contribution in [0.3, 0.4) is 0 Å². The molecule has 0 heterocycles. The van der Waals surface area contributed by atoms with Crippen LogP contribution in [0.5, 0.6) is 0 Å². The maximum atomic E-state index is 11.1. The molecule has 0 aromatic rings. The molecule has 3 nitrogen and oxygen atoms in total. The van der Waals surface area contributed by atoms with E-state index in [4.69, 9.17) is 4.84 Å². The molecule has 0 amide bonds. The van der Waals surface area contributed by atoms with Gasteiger partial charge in [-0.2, -0.15) is 0 Å². The predicted molar refractivity (Wildman–Crippen MR) is 43.8 cm³/mol. The number of carbonyl (C=O) groups is 1. The summed E-state index contributed by atoms with van der Waals surface area (Å²) in [7, 11) is 3.40. The van der Waals surface area contributed by atoms with Crippen molar-refractivity contribution in [2.24, 2.45) is 11.8 Å². The molecule has 0 aliphatic carbocycles. The van der Waals surface area contributed by atoms with Gasteiger partial charge in [0.1, 0.15) is 0 Å². The molecule has 0 spiro atoms. The van der Waals surface area contributed by atoms with Gasteiger partial charge in [0.2, 0.25) is 0 Å². The fourth-order valence-electron chi connectivity index (χ4n) is 0.535. The molecule has 0 saturated carbocycles. The van der Waals surface area contributed by atoms with Gasteiger partial charge < -0.3 is 4.84 Å². The molecule has 0 N–H and O–H groups in total. The van der Waals surface area contributed by atoms with Gasteiger partial charge in [0.05, 0.1) is 5.92 Å². The van der Waals surface area contributed by atoms with E-state index in [0.29, 0.717) is 5.92 Å². The summed E-state index contributed by atoms with van der Waals surface area (Å²) in [4.78, 5) is 16.0. The molecular formula is C8H17NO2. The molecule has 0 aliphatic heterocycles. The third-order valence-corrected chi connectivity index (χ3v) is 1.64. The molecule has 0 aliphatic rings. The molecule has 0 rings (SSSR count). The van der Waals surface area contributed by atoms with Crippen molar-refractivity contribution >= 4 is 5.97 Å². The van der Waals surface area contributed by atoms with Crippen molar-refractivity contribution in [2.75, 3.05) is 14.1 Å². The Kier molecular flexibility index (Phi) is 4.11. The van der Waals surface area contributed by atoms with E-state index in [-0.39, 0.29) is 11.9 Å². The van der Waals surface area contributed by atoms with Gasteiger partial charge in [-0.3, -0.25) is 4.79 Å². The van der Waals surface area contributed by atoms with Gasteiger partial charge in [-0.05, 0) is 5.92 Å². The van der Waals surface area contributed by atoms with Crippen LogP contribution >= 0.6 is 0 Å². The van der Waals surface area contributed by atoms with Crippen LogP contribution in [0.4, 0.5) is 0 Å². The number of hydrogen-bond donors (Lipinski definition) is 0. The van der Waals surface area contributed by atoms with Gasteiger partial charge in [-0.15, -0.1) is 5.06 Å². The van der Waals surface area contributed by atoms with Crippen LogP contribution in [-0.4, -0.2) is 25.1 Å². The van der Waals surface area contributed by atoms with Crippen molar-refractivity contribution in [3.8, 4) is 0 Å². The lowest BCUT2D eigenvalue weighted by atomic mass is 9.99. The Morgan fingerprint density at radius 2 is 1.73 bits per heavy atom. The van der Waals surface area contributed by atoms with E-state index in [0.717, 1.165) is 0 Å². The van der Waals surface area contributed by atoms with Crippen molar-refractivity contribution in [1.82, 2.24) is 5.06 Å². The zero-order valence-corrected chi connectivity index (χ0v) is 7.92. The Hall–Kier alpha value is -0.570.